The van der Waals surface area contributed by atoms with Crippen LogP contribution in [-0.4, -0.2) is 12.1 Å². The Morgan fingerprint density at radius 3 is 2.93 bits per heavy atom. The van der Waals surface area contributed by atoms with Gasteiger partial charge in [-0.1, -0.05) is 0 Å². The van der Waals surface area contributed by atoms with Gasteiger partial charge in [-0.3, -0.25) is 0 Å². The lowest BCUT2D eigenvalue weighted by Crippen LogP contribution is -1.84. The van der Waals surface area contributed by atoms with Crippen molar-refractivity contribution in [2.75, 3.05) is 7.11 Å². The fraction of sp³-hybridized carbons (Fsp3) is 0.100. The molecule has 1 aromatic heterocycles. The SMILES string of the molecule is COc1cc(-c2cnco2)ccc1Br. The van der Waals surface area contributed by atoms with Crippen LogP contribution in [0.3, 0.4) is 0 Å². The van der Waals surface area contributed by atoms with Gasteiger partial charge in [-0.2, -0.15) is 0 Å². The molecular weight excluding hydrogens is 246 g/mol. The van der Waals surface area contributed by atoms with Crippen molar-refractivity contribution in [3.8, 4) is 17.1 Å². The number of rotatable bonds is 2. The average molecular weight is 254 g/mol. The maximum atomic E-state index is 5.18. The van der Waals surface area contributed by atoms with Crippen molar-refractivity contribution in [1.29, 1.82) is 0 Å². The molecular formula is C10H8BrNO2. The summed E-state index contributed by atoms with van der Waals surface area (Å²) in [5, 5.41) is 0. The monoisotopic (exact) mass is 253 g/mol. The molecule has 2 rings (SSSR count). The number of ether oxygens (including phenoxy) is 1. The molecule has 0 fully saturated rings. The van der Waals surface area contributed by atoms with E-state index in [0.717, 1.165) is 21.5 Å². The Kier molecular flexibility index (Phi) is 2.54. The molecule has 2 aromatic rings. The topological polar surface area (TPSA) is 35.3 Å². The van der Waals surface area contributed by atoms with Crippen LogP contribution in [0.2, 0.25) is 0 Å². The molecule has 0 N–H and O–H groups in total. The predicted octanol–water partition coefficient (Wildman–Crippen LogP) is 3.11. The van der Waals surface area contributed by atoms with Gasteiger partial charge in [-0.05, 0) is 34.1 Å². The van der Waals surface area contributed by atoms with Crippen LogP contribution in [0.15, 0.2) is 39.7 Å². The lowest BCUT2D eigenvalue weighted by atomic mass is 10.2. The highest BCUT2D eigenvalue weighted by Crippen LogP contribution is 2.30. The number of halogens is 1. The van der Waals surface area contributed by atoms with E-state index in [2.05, 4.69) is 20.9 Å². The van der Waals surface area contributed by atoms with E-state index < -0.39 is 0 Å². The van der Waals surface area contributed by atoms with Gasteiger partial charge in [-0.25, -0.2) is 4.98 Å². The summed E-state index contributed by atoms with van der Waals surface area (Å²) in [6.45, 7) is 0. The van der Waals surface area contributed by atoms with Gasteiger partial charge in [0, 0.05) is 5.56 Å². The molecule has 0 saturated heterocycles. The van der Waals surface area contributed by atoms with E-state index in [4.69, 9.17) is 9.15 Å². The highest BCUT2D eigenvalue weighted by atomic mass is 79.9. The highest BCUT2D eigenvalue weighted by molar-refractivity contribution is 9.10. The lowest BCUT2D eigenvalue weighted by Gasteiger charge is -2.04. The number of oxazole rings is 1. The molecule has 72 valence electrons. The maximum Gasteiger partial charge on any atom is 0.181 e. The van der Waals surface area contributed by atoms with Crippen LogP contribution in [0.5, 0.6) is 5.75 Å². The Morgan fingerprint density at radius 2 is 2.29 bits per heavy atom. The molecule has 0 saturated carbocycles. The molecule has 0 aliphatic rings. The minimum absolute atomic E-state index is 0.732. The molecule has 0 amide bonds. The summed E-state index contributed by atoms with van der Waals surface area (Å²) >= 11 is 3.38. The normalized spacial score (nSPS) is 10.1. The first-order chi connectivity index (χ1) is 6.81. The molecule has 0 spiro atoms. The lowest BCUT2D eigenvalue weighted by molar-refractivity contribution is 0.412. The number of nitrogens with zero attached hydrogens (tertiary/aromatic N) is 1. The number of aromatic nitrogens is 1. The zero-order valence-electron chi connectivity index (χ0n) is 7.53. The van der Waals surface area contributed by atoms with Crippen molar-refractivity contribution in [3.63, 3.8) is 0 Å². The van der Waals surface area contributed by atoms with Gasteiger partial charge < -0.3 is 9.15 Å². The van der Waals surface area contributed by atoms with Crippen molar-refractivity contribution < 1.29 is 9.15 Å². The summed E-state index contributed by atoms with van der Waals surface area (Å²) < 4.78 is 11.3. The second kappa shape index (κ2) is 3.84. The Bertz CT molecular complexity index is 426. The van der Waals surface area contributed by atoms with Crippen LogP contribution in [0.25, 0.3) is 11.3 Å². The third kappa shape index (κ3) is 1.65. The molecule has 0 unspecified atom stereocenters. The Morgan fingerprint density at radius 1 is 1.43 bits per heavy atom. The van der Waals surface area contributed by atoms with Crippen molar-refractivity contribution in [3.05, 3.63) is 35.3 Å². The molecule has 0 bridgehead atoms. The standard InChI is InChI=1S/C10H8BrNO2/c1-13-9-4-7(2-3-8(9)11)10-5-12-6-14-10/h2-6H,1H3. The summed E-state index contributed by atoms with van der Waals surface area (Å²) in [5.41, 5.74) is 0.947. The van der Waals surface area contributed by atoms with Crippen LogP contribution in [0.1, 0.15) is 0 Å². The zero-order valence-corrected chi connectivity index (χ0v) is 9.11. The molecule has 1 aromatic carbocycles. The Labute approximate surface area is 89.8 Å². The quantitative estimate of drug-likeness (QED) is 0.825. The van der Waals surface area contributed by atoms with Crippen molar-refractivity contribution in [2.45, 2.75) is 0 Å². The minimum Gasteiger partial charge on any atom is -0.496 e. The van der Waals surface area contributed by atoms with E-state index in [0.29, 0.717) is 0 Å². The first-order valence-corrected chi connectivity index (χ1v) is 4.83. The van der Waals surface area contributed by atoms with E-state index in [-0.39, 0.29) is 0 Å². The molecule has 0 aliphatic carbocycles. The van der Waals surface area contributed by atoms with Crippen LogP contribution < -0.4 is 4.74 Å². The van der Waals surface area contributed by atoms with Crippen LogP contribution >= 0.6 is 15.9 Å². The van der Waals surface area contributed by atoms with Gasteiger partial charge in [-0.15, -0.1) is 0 Å². The van der Waals surface area contributed by atoms with Gasteiger partial charge >= 0.3 is 0 Å². The fourth-order valence-corrected chi connectivity index (χ4v) is 1.58. The number of hydrogen-bond acceptors (Lipinski definition) is 3. The highest BCUT2D eigenvalue weighted by Gasteiger charge is 2.05. The van der Waals surface area contributed by atoms with Gasteiger partial charge in [0.2, 0.25) is 0 Å². The summed E-state index contributed by atoms with van der Waals surface area (Å²) in [4.78, 5) is 3.86. The largest absolute Gasteiger partial charge is 0.496 e. The van der Waals surface area contributed by atoms with Gasteiger partial charge in [0.05, 0.1) is 17.8 Å². The van der Waals surface area contributed by atoms with Gasteiger partial charge in [0.1, 0.15) is 5.75 Å². The molecule has 14 heavy (non-hydrogen) atoms. The summed E-state index contributed by atoms with van der Waals surface area (Å²) in [5.74, 6) is 1.51. The molecule has 1 heterocycles. The summed E-state index contributed by atoms with van der Waals surface area (Å²) in [7, 11) is 1.63. The average Bonchev–Trinajstić information content (AvgIpc) is 2.71. The molecule has 0 aliphatic heterocycles. The third-order valence-corrected chi connectivity index (χ3v) is 2.52. The second-order valence-corrected chi connectivity index (χ2v) is 3.57. The molecule has 0 atom stereocenters. The second-order valence-electron chi connectivity index (χ2n) is 2.72. The minimum atomic E-state index is 0.732. The predicted molar refractivity (Wildman–Crippen MR) is 56.2 cm³/mol. The van der Waals surface area contributed by atoms with Crippen LogP contribution in [0, 0.1) is 0 Å². The fourth-order valence-electron chi connectivity index (χ4n) is 1.17. The first-order valence-electron chi connectivity index (χ1n) is 4.03. The van der Waals surface area contributed by atoms with Crippen LogP contribution in [-0.2, 0) is 0 Å². The summed E-state index contributed by atoms with van der Waals surface area (Å²) in [6, 6.07) is 5.74. The van der Waals surface area contributed by atoms with Gasteiger partial charge in [0.15, 0.2) is 12.2 Å². The van der Waals surface area contributed by atoms with Crippen molar-refractivity contribution in [1.82, 2.24) is 4.98 Å². The number of hydrogen-bond donors (Lipinski definition) is 0. The molecule has 3 nitrogen and oxygen atoms in total. The maximum absolute atomic E-state index is 5.18. The van der Waals surface area contributed by atoms with E-state index in [1.54, 1.807) is 13.3 Å². The Balaban J connectivity index is 2.46. The third-order valence-electron chi connectivity index (χ3n) is 1.87. The number of methoxy groups -OCH3 is 1. The van der Waals surface area contributed by atoms with E-state index in [1.807, 2.05) is 18.2 Å². The Hall–Kier alpha value is -1.29. The first kappa shape index (κ1) is 9.27. The number of benzene rings is 1. The molecule has 0 radical (unpaired) electrons. The van der Waals surface area contributed by atoms with E-state index in [1.165, 1.54) is 6.39 Å². The van der Waals surface area contributed by atoms with E-state index in [9.17, 15) is 0 Å². The van der Waals surface area contributed by atoms with Crippen molar-refractivity contribution in [2.24, 2.45) is 0 Å². The smallest absolute Gasteiger partial charge is 0.181 e. The van der Waals surface area contributed by atoms with Gasteiger partial charge in [0.25, 0.3) is 0 Å². The summed E-state index contributed by atoms with van der Waals surface area (Å²) in [6.07, 6.45) is 3.08. The van der Waals surface area contributed by atoms with E-state index >= 15 is 0 Å². The zero-order chi connectivity index (χ0) is 9.97. The van der Waals surface area contributed by atoms with Crippen LogP contribution in [0.4, 0.5) is 0 Å². The molecule has 4 heteroatoms. The van der Waals surface area contributed by atoms with Crippen molar-refractivity contribution >= 4 is 15.9 Å².